The largest absolute Gasteiger partial charge is 0.369 e. The lowest BCUT2D eigenvalue weighted by molar-refractivity contribution is 0.0950. The van der Waals surface area contributed by atoms with Gasteiger partial charge < -0.3 is 11.1 Å². The zero-order valence-electron chi connectivity index (χ0n) is 15.7. The number of pyridine rings is 1. The van der Waals surface area contributed by atoms with E-state index < -0.39 is 0 Å². The van der Waals surface area contributed by atoms with Gasteiger partial charge in [0, 0.05) is 19.3 Å². The van der Waals surface area contributed by atoms with Gasteiger partial charge in [-0.25, -0.2) is 9.97 Å². The van der Waals surface area contributed by atoms with Crippen LogP contribution in [0.5, 0.6) is 0 Å². The third-order valence-electron chi connectivity index (χ3n) is 4.47. The van der Waals surface area contributed by atoms with E-state index in [9.17, 15) is 4.79 Å². The maximum Gasteiger partial charge on any atom is 0.253 e. The van der Waals surface area contributed by atoms with Crippen LogP contribution >= 0.6 is 0 Å². The summed E-state index contributed by atoms with van der Waals surface area (Å²) in [5.74, 6) is 0.232. The number of hydrogen-bond donors (Lipinski definition) is 2. The second kappa shape index (κ2) is 6.78. The molecule has 3 aromatic rings. The lowest BCUT2D eigenvalue weighted by Gasteiger charge is -2.19. The Balaban J connectivity index is 1.71. The molecule has 26 heavy (non-hydrogen) atoms. The Morgan fingerprint density at radius 2 is 1.92 bits per heavy atom. The highest BCUT2D eigenvalue weighted by Gasteiger charge is 2.14. The summed E-state index contributed by atoms with van der Waals surface area (Å²) in [6.07, 6.45) is 1.56. The minimum Gasteiger partial charge on any atom is -0.369 e. The number of aryl methyl sites for hydroxylation is 1. The van der Waals surface area contributed by atoms with Gasteiger partial charge in [0.1, 0.15) is 5.52 Å². The quantitative estimate of drug-likeness (QED) is 0.755. The molecule has 0 fully saturated rings. The van der Waals surface area contributed by atoms with E-state index in [1.165, 1.54) is 5.56 Å². The van der Waals surface area contributed by atoms with E-state index in [0.717, 1.165) is 5.56 Å². The molecule has 0 unspecified atom stereocenters. The van der Waals surface area contributed by atoms with Crippen molar-refractivity contribution < 1.29 is 4.79 Å². The molecule has 1 aromatic carbocycles. The number of fused-ring (bicyclic) bond motifs is 1. The summed E-state index contributed by atoms with van der Waals surface area (Å²) in [6.45, 7) is 9.67. The molecule has 0 saturated carbocycles. The first kappa shape index (κ1) is 17.9. The van der Waals surface area contributed by atoms with E-state index in [2.05, 4.69) is 48.2 Å². The summed E-state index contributed by atoms with van der Waals surface area (Å²) in [5.41, 5.74) is 10.1. The second-order valence-corrected chi connectivity index (χ2v) is 7.41. The van der Waals surface area contributed by atoms with Crippen LogP contribution in [0.2, 0.25) is 0 Å². The van der Waals surface area contributed by atoms with Gasteiger partial charge in [0.2, 0.25) is 5.95 Å². The molecule has 0 radical (unpaired) electrons. The Kier molecular flexibility index (Phi) is 4.68. The minimum atomic E-state index is -0.177. The van der Waals surface area contributed by atoms with Crippen molar-refractivity contribution in [2.24, 2.45) is 0 Å². The van der Waals surface area contributed by atoms with Crippen LogP contribution < -0.4 is 11.1 Å². The summed E-state index contributed by atoms with van der Waals surface area (Å²) < 4.78 is 1.81. The Hall–Kier alpha value is -2.89. The Morgan fingerprint density at radius 1 is 1.23 bits per heavy atom. The van der Waals surface area contributed by atoms with Crippen LogP contribution in [0.25, 0.3) is 11.2 Å². The molecule has 0 aliphatic heterocycles. The van der Waals surface area contributed by atoms with Gasteiger partial charge in [-0.2, -0.15) is 0 Å². The van der Waals surface area contributed by atoms with Crippen LogP contribution in [0.4, 0.5) is 5.95 Å². The van der Waals surface area contributed by atoms with Crippen molar-refractivity contribution in [3.8, 4) is 0 Å². The number of nitrogens with zero attached hydrogens (tertiary/aromatic N) is 3. The Morgan fingerprint density at radius 3 is 2.54 bits per heavy atom. The van der Waals surface area contributed by atoms with Gasteiger partial charge in [0.05, 0.1) is 5.56 Å². The molecule has 1 amide bonds. The fraction of sp³-hybridized carbons (Fsp3) is 0.350. The number of nitrogens with one attached hydrogen (secondary N) is 1. The molecule has 0 aliphatic rings. The fourth-order valence-corrected chi connectivity index (χ4v) is 2.87. The van der Waals surface area contributed by atoms with Crippen LogP contribution in [0.3, 0.4) is 0 Å². The SMILES string of the molecule is CCn1c(N)nc2cc(C(=O)NCc3ccc(C(C)(C)C)cc3)cnc21. The normalized spacial score (nSPS) is 11.7. The first-order valence-electron chi connectivity index (χ1n) is 8.79. The zero-order valence-corrected chi connectivity index (χ0v) is 15.7. The lowest BCUT2D eigenvalue weighted by Crippen LogP contribution is -2.23. The van der Waals surface area contributed by atoms with Gasteiger partial charge >= 0.3 is 0 Å². The van der Waals surface area contributed by atoms with Crippen LogP contribution in [0, 0.1) is 0 Å². The number of carbonyl (C=O) groups excluding carboxylic acids is 1. The number of amides is 1. The summed E-state index contributed by atoms with van der Waals surface area (Å²) in [4.78, 5) is 21.1. The van der Waals surface area contributed by atoms with Crippen molar-refractivity contribution in [3.63, 3.8) is 0 Å². The number of benzene rings is 1. The molecule has 3 N–H and O–H groups in total. The van der Waals surface area contributed by atoms with Crippen molar-refractivity contribution in [2.75, 3.05) is 5.73 Å². The maximum absolute atomic E-state index is 12.4. The lowest BCUT2D eigenvalue weighted by atomic mass is 9.87. The number of anilines is 1. The number of hydrogen-bond acceptors (Lipinski definition) is 4. The van der Waals surface area contributed by atoms with Gasteiger partial charge in [0.15, 0.2) is 5.65 Å². The predicted octanol–water partition coefficient (Wildman–Crippen LogP) is 3.26. The molecule has 0 bridgehead atoms. The summed E-state index contributed by atoms with van der Waals surface area (Å²) >= 11 is 0. The average molecular weight is 351 g/mol. The highest BCUT2D eigenvalue weighted by Crippen LogP contribution is 2.22. The van der Waals surface area contributed by atoms with E-state index in [4.69, 9.17) is 5.73 Å². The average Bonchev–Trinajstić information content (AvgIpc) is 2.93. The molecule has 6 nitrogen and oxygen atoms in total. The van der Waals surface area contributed by atoms with E-state index in [0.29, 0.717) is 35.8 Å². The molecular weight excluding hydrogens is 326 g/mol. The van der Waals surface area contributed by atoms with Crippen molar-refractivity contribution >= 4 is 23.0 Å². The molecule has 0 atom stereocenters. The third kappa shape index (κ3) is 3.54. The van der Waals surface area contributed by atoms with Crippen LogP contribution in [-0.4, -0.2) is 20.4 Å². The molecule has 0 spiro atoms. The minimum absolute atomic E-state index is 0.118. The maximum atomic E-state index is 12.4. The number of nitrogens with two attached hydrogens (primary N) is 1. The predicted molar refractivity (Wildman–Crippen MR) is 104 cm³/mol. The Bertz CT molecular complexity index is 935. The number of imidazole rings is 1. The molecule has 2 aromatic heterocycles. The first-order valence-corrected chi connectivity index (χ1v) is 8.79. The van der Waals surface area contributed by atoms with Crippen molar-refractivity contribution in [3.05, 3.63) is 53.2 Å². The van der Waals surface area contributed by atoms with Gasteiger partial charge in [0.25, 0.3) is 5.91 Å². The number of carbonyl (C=O) groups is 1. The van der Waals surface area contributed by atoms with Gasteiger partial charge in [-0.05, 0) is 29.5 Å². The molecule has 3 rings (SSSR count). The first-order chi connectivity index (χ1) is 12.3. The monoisotopic (exact) mass is 351 g/mol. The Labute approximate surface area is 153 Å². The van der Waals surface area contributed by atoms with Crippen molar-refractivity contribution in [2.45, 2.75) is 46.2 Å². The molecule has 136 valence electrons. The highest BCUT2D eigenvalue weighted by atomic mass is 16.1. The molecule has 2 heterocycles. The third-order valence-corrected chi connectivity index (χ3v) is 4.47. The number of aromatic nitrogens is 3. The van der Waals surface area contributed by atoms with E-state index in [1.54, 1.807) is 12.3 Å². The molecular formula is C20H25N5O. The van der Waals surface area contributed by atoms with Crippen LogP contribution in [0.1, 0.15) is 49.2 Å². The van der Waals surface area contributed by atoms with Gasteiger partial charge in [-0.1, -0.05) is 45.0 Å². The summed E-state index contributed by atoms with van der Waals surface area (Å²) in [7, 11) is 0. The fourth-order valence-electron chi connectivity index (χ4n) is 2.87. The van der Waals surface area contributed by atoms with Gasteiger partial charge in [-0.15, -0.1) is 0 Å². The topological polar surface area (TPSA) is 85.8 Å². The number of nitrogen functional groups attached to an aromatic ring is 1. The van der Waals surface area contributed by atoms with Crippen molar-refractivity contribution in [1.82, 2.24) is 19.9 Å². The standard InChI is InChI=1S/C20H25N5O/c1-5-25-17-16(24-19(25)21)10-14(12-22-17)18(26)23-11-13-6-8-15(9-7-13)20(2,3)4/h6-10,12H,5,11H2,1-4H3,(H2,21,24)(H,23,26). The van der Waals surface area contributed by atoms with Gasteiger partial charge in [-0.3, -0.25) is 9.36 Å². The molecule has 0 aliphatic carbocycles. The zero-order chi connectivity index (χ0) is 18.9. The summed E-state index contributed by atoms with van der Waals surface area (Å²) in [6, 6.07) is 10.0. The second-order valence-electron chi connectivity index (χ2n) is 7.41. The number of rotatable bonds is 4. The van der Waals surface area contributed by atoms with E-state index >= 15 is 0 Å². The molecule has 6 heteroatoms. The van der Waals surface area contributed by atoms with Crippen molar-refractivity contribution in [1.29, 1.82) is 0 Å². The van der Waals surface area contributed by atoms with E-state index in [-0.39, 0.29) is 11.3 Å². The highest BCUT2D eigenvalue weighted by molar-refractivity contribution is 5.96. The van der Waals surface area contributed by atoms with E-state index in [1.807, 2.05) is 23.6 Å². The smallest absolute Gasteiger partial charge is 0.253 e. The van der Waals surface area contributed by atoms with Crippen LogP contribution in [-0.2, 0) is 18.5 Å². The van der Waals surface area contributed by atoms with Crippen LogP contribution in [0.15, 0.2) is 36.5 Å². The summed E-state index contributed by atoms with van der Waals surface area (Å²) in [5, 5.41) is 2.93. The molecule has 0 saturated heterocycles.